The van der Waals surface area contributed by atoms with Crippen LogP contribution in [0.1, 0.15) is 17.2 Å². The summed E-state index contributed by atoms with van der Waals surface area (Å²) in [7, 11) is 0. The topological polar surface area (TPSA) is 88.4 Å². The summed E-state index contributed by atoms with van der Waals surface area (Å²) in [5, 5.41) is 14.4. The summed E-state index contributed by atoms with van der Waals surface area (Å²) < 4.78 is 0. The van der Waals surface area contributed by atoms with Crippen molar-refractivity contribution in [2.75, 3.05) is 19.6 Å². The molecule has 1 aromatic heterocycles. The van der Waals surface area contributed by atoms with Gasteiger partial charge in [-0.1, -0.05) is 24.3 Å². The van der Waals surface area contributed by atoms with Crippen LogP contribution in [-0.4, -0.2) is 40.3 Å². The van der Waals surface area contributed by atoms with Crippen molar-refractivity contribution in [2.45, 2.75) is 12.5 Å². The first-order valence-corrected chi connectivity index (χ1v) is 7.79. The molecule has 1 N–H and O–H groups in total. The van der Waals surface area contributed by atoms with Gasteiger partial charge in [0, 0.05) is 43.7 Å². The molecule has 124 valence electrons. The van der Waals surface area contributed by atoms with Gasteiger partial charge in [-0.2, -0.15) is 0 Å². The van der Waals surface area contributed by atoms with Crippen molar-refractivity contribution < 1.29 is 9.72 Å². The van der Waals surface area contributed by atoms with Gasteiger partial charge >= 0.3 is 0 Å². The van der Waals surface area contributed by atoms with Crippen LogP contribution in [-0.2, 0) is 11.2 Å². The van der Waals surface area contributed by atoms with E-state index in [1.54, 1.807) is 35.5 Å². The van der Waals surface area contributed by atoms with Gasteiger partial charge in [-0.15, -0.1) is 0 Å². The number of carbonyl (C=O) groups is 1. The molecule has 3 rings (SSSR count). The predicted molar refractivity (Wildman–Crippen MR) is 88.4 cm³/mol. The summed E-state index contributed by atoms with van der Waals surface area (Å²) >= 11 is 0. The minimum atomic E-state index is -0.445. The van der Waals surface area contributed by atoms with E-state index >= 15 is 0 Å². The average Bonchev–Trinajstić information content (AvgIpc) is 2.62. The van der Waals surface area contributed by atoms with Gasteiger partial charge in [0.2, 0.25) is 5.91 Å². The monoisotopic (exact) mass is 326 g/mol. The fourth-order valence-corrected chi connectivity index (χ4v) is 2.98. The van der Waals surface area contributed by atoms with Crippen molar-refractivity contribution in [1.29, 1.82) is 0 Å². The van der Waals surface area contributed by atoms with Crippen molar-refractivity contribution in [1.82, 2.24) is 15.2 Å². The SMILES string of the molecule is O=C(Cc1ccccc1[N+](=O)[O-])N1CCNCC1c1cccnc1. The van der Waals surface area contributed by atoms with Gasteiger partial charge in [-0.3, -0.25) is 19.9 Å². The summed E-state index contributed by atoms with van der Waals surface area (Å²) in [6.45, 7) is 1.92. The fraction of sp³-hybridized carbons (Fsp3) is 0.294. The lowest BCUT2D eigenvalue weighted by Crippen LogP contribution is -2.49. The molecule has 1 unspecified atom stereocenters. The second-order valence-electron chi connectivity index (χ2n) is 5.66. The van der Waals surface area contributed by atoms with Crippen LogP contribution in [0, 0.1) is 10.1 Å². The number of nitro benzene ring substituents is 1. The molecule has 1 aliphatic rings. The number of para-hydroxylation sites is 1. The van der Waals surface area contributed by atoms with Gasteiger partial charge in [-0.25, -0.2) is 0 Å². The maximum absolute atomic E-state index is 12.8. The Morgan fingerprint density at radius 1 is 1.33 bits per heavy atom. The minimum Gasteiger partial charge on any atom is -0.333 e. The van der Waals surface area contributed by atoms with E-state index in [0.717, 1.165) is 5.56 Å². The lowest BCUT2D eigenvalue weighted by atomic mass is 10.0. The molecule has 1 aliphatic heterocycles. The molecule has 2 heterocycles. The number of benzene rings is 1. The lowest BCUT2D eigenvalue weighted by Gasteiger charge is -2.36. The van der Waals surface area contributed by atoms with Crippen molar-refractivity contribution >= 4 is 11.6 Å². The molecule has 1 atom stereocenters. The third kappa shape index (κ3) is 3.41. The number of nitro groups is 1. The standard InChI is InChI=1S/C17H18N4O3/c22-17(10-13-4-1-2-6-15(13)21(23)24)20-9-8-19-12-16(20)14-5-3-7-18-11-14/h1-7,11,16,19H,8-10,12H2. The highest BCUT2D eigenvalue weighted by Gasteiger charge is 2.29. The van der Waals surface area contributed by atoms with Crippen LogP contribution < -0.4 is 5.32 Å². The van der Waals surface area contributed by atoms with Gasteiger partial charge in [-0.05, 0) is 11.6 Å². The second kappa shape index (κ2) is 7.18. The van der Waals surface area contributed by atoms with Crippen LogP contribution in [0.5, 0.6) is 0 Å². The van der Waals surface area contributed by atoms with Crippen LogP contribution in [0.3, 0.4) is 0 Å². The van der Waals surface area contributed by atoms with Gasteiger partial charge in [0.15, 0.2) is 0 Å². The molecule has 1 aromatic carbocycles. The molecular weight excluding hydrogens is 308 g/mol. The number of hydrogen-bond donors (Lipinski definition) is 1. The summed E-state index contributed by atoms with van der Waals surface area (Å²) in [6.07, 6.45) is 3.47. The predicted octanol–water partition coefficient (Wildman–Crippen LogP) is 1.71. The second-order valence-corrected chi connectivity index (χ2v) is 5.66. The molecule has 0 saturated carbocycles. The molecule has 0 bridgehead atoms. The number of nitrogens with one attached hydrogen (secondary N) is 1. The Hall–Kier alpha value is -2.80. The van der Waals surface area contributed by atoms with E-state index in [0.29, 0.717) is 25.2 Å². The van der Waals surface area contributed by atoms with Crippen LogP contribution in [0.4, 0.5) is 5.69 Å². The Morgan fingerprint density at radius 3 is 2.92 bits per heavy atom. The number of piperazine rings is 1. The van der Waals surface area contributed by atoms with E-state index in [2.05, 4.69) is 10.3 Å². The first-order valence-electron chi connectivity index (χ1n) is 7.79. The van der Waals surface area contributed by atoms with Crippen LogP contribution in [0.2, 0.25) is 0 Å². The average molecular weight is 326 g/mol. The number of hydrogen-bond acceptors (Lipinski definition) is 5. The molecule has 0 spiro atoms. The molecule has 7 nitrogen and oxygen atoms in total. The molecule has 7 heteroatoms. The summed E-state index contributed by atoms with van der Waals surface area (Å²) in [6, 6.07) is 10.1. The molecular formula is C17H18N4O3. The zero-order valence-electron chi connectivity index (χ0n) is 13.1. The van der Waals surface area contributed by atoms with E-state index in [4.69, 9.17) is 0 Å². The normalized spacial score (nSPS) is 17.5. The molecule has 1 amide bonds. The molecule has 2 aromatic rings. The number of nitrogens with zero attached hydrogens (tertiary/aromatic N) is 3. The third-order valence-electron chi connectivity index (χ3n) is 4.16. The number of amides is 1. The number of rotatable bonds is 4. The minimum absolute atomic E-state index is 0.0149. The largest absolute Gasteiger partial charge is 0.333 e. The maximum atomic E-state index is 12.8. The lowest BCUT2D eigenvalue weighted by molar-refractivity contribution is -0.385. The highest BCUT2D eigenvalue weighted by molar-refractivity contribution is 5.80. The molecule has 24 heavy (non-hydrogen) atoms. The Kier molecular flexibility index (Phi) is 4.81. The Labute approximate surface area is 139 Å². The zero-order valence-corrected chi connectivity index (χ0v) is 13.1. The maximum Gasteiger partial charge on any atom is 0.273 e. The van der Waals surface area contributed by atoms with E-state index in [1.807, 2.05) is 12.1 Å². The third-order valence-corrected chi connectivity index (χ3v) is 4.16. The van der Waals surface area contributed by atoms with Crippen molar-refractivity contribution in [3.63, 3.8) is 0 Å². The Balaban J connectivity index is 1.82. The van der Waals surface area contributed by atoms with E-state index < -0.39 is 4.92 Å². The van der Waals surface area contributed by atoms with Crippen molar-refractivity contribution in [2.24, 2.45) is 0 Å². The van der Waals surface area contributed by atoms with E-state index in [9.17, 15) is 14.9 Å². The van der Waals surface area contributed by atoms with Crippen LogP contribution in [0.15, 0.2) is 48.8 Å². The molecule has 1 saturated heterocycles. The first-order chi connectivity index (χ1) is 11.7. The molecule has 0 radical (unpaired) electrons. The van der Waals surface area contributed by atoms with Gasteiger partial charge in [0.05, 0.1) is 17.4 Å². The van der Waals surface area contributed by atoms with Crippen molar-refractivity contribution in [3.05, 3.63) is 70.0 Å². The number of pyridine rings is 1. The Morgan fingerprint density at radius 2 is 2.17 bits per heavy atom. The zero-order chi connectivity index (χ0) is 16.9. The summed E-state index contributed by atoms with van der Waals surface area (Å²) in [4.78, 5) is 29.4. The quantitative estimate of drug-likeness (QED) is 0.682. The summed E-state index contributed by atoms with van der Waals surface area (Å²) in [5.74, 6) is -0.111. The van der Waals surface area contributed by atoms with Crippen molar-refractivity contribution in [3.8, 4) is 0 Å². The molecule has 0 aliphatic carbocycles. The van der Waals surface area contributed by atoms with Crippen LogP contribution in [0.25, 0.3) is 0 Å². The number of carbonyl (C=O) groups excluding carboxylic acids is 1. The van der Waals surface area contributed by atoms with E-state index in [1.165, 1.54) is 6.07 Å². The molecule has 1 fully saturated rings. The smallest absolute Gasteiger partial charge is 0.273 e. The van der Waals surface area contributed by atoms with Gasteiger partial charge in [0.25, 0.3) is 5.69 Å². The number of aromatic nitrogens is 1. The van der Waals surface area contributed by atoms with Gasteiger partial charge < -0.3 is 10.2 Å². The van der Waals surface area contributed by atoms with Crippen LogP contribution >= 0.6 is 0 Å². The van der Waals surface area contributed by atoms with Gasteiger partial charge in [0.1, 0.15) is 0 Å². The Bertz CT molecular complexity index is 736. The fourth-order valence-electron chi connectivity index (χ4n) is 2.98. The highest BCUT2D eigenvalue weighted by atomic mass is 16.6. The summed E-state index contributed by atoms with van der Waals surface area (Å²) in [5.41, 5.74) is 1.38. The highest BCUT2D eigenvalue weighted by Crippen LogP contribution is 2.24. The first kappa shape index (κ1) is 16.1. The van der Waals surface area contributed by atoms with E-state index in [-0.39, 0.29) is 24.1 Å².